The van der Waals surface area contributed by atoms with Crippen LogP contribution in [0.4, 0.5) is 0 Å². The molecule has 52 valence electrons. The summed E-state index contributed by atoms with van der Waals surface area (Å²) in [4.78, 5) is 12.7. The summed E-state index contributed by atoms with van der Waals surface area (Å²) in [5.74, 6) is 4.84. The predicted molar refractivity (Wildman–Crippen MR) is 33.4 cm³/mol. The Labute approximate surface area is 54.0 Å². The third kappa shape index (κ3) is 1.04. The molecule has 1 aliphatic rings. The minimum absolute atomic E-state index is 0.0231. The quantitative estimate of drug-likeness (QED) is 0.262. The summed E-state index contributed by atoms with van der Waals surface area (Å²) in [6.07, 6.45) is 0.930. The van der Waals surface area contributed by atoms with E-state index in [9.17, 15) is 4.79 Å². The van der Waals surface area contributed by atoms with Crippen LogP contribution >= 0.6 is 0 Å². The maximum Gasteiger partial charge on any atom is 0.251 e. The number of nitrogens with two attached hydrogens (primary N) is 1. The highest BCUT2D eigenvalue weighted by atomic mass is 16.2. The van der Waals surface area contributed by atoms with E-state index in [-0.39, 0.29) is 11.9 Å². The molecule has 0 unspecified atom stereocenters. The van der Waals surface area contributed by atoms with Gasteiger partial charge in [0.25, 0.3) is 5.91 Å². The van der Waals surface area contributed by atoms with Crippen molar-refractivity contribution in [1.82, 2.24) is 10.3 Å². The lowest BCUT2D eigenvalue weighted by molar-refractivity contribution is -0.129. The van der Waals surface area contributed by atoms with Crippen LogP contribution in [-0.2, 0) is 4.79 Å². The van der Waals surface area contributed by atoms with Crippen molar-refractivity contribution in [3.63, 3.8) is 0 Å². The van der Waals surface area contributed by atoms with E-state index in [0.29, 0.717) is 0 Å². The summed E-state index contributed by atoms with van der Waals surface area (Å²) in [5.41, 5.74) is 2.12. The molecule has 0 aromatic rings. The molecule has 1 saturated heterocycles. The molecule has 0 spiro atoms. The van der Waals surface area contributed by atoms with Crippen molar-refractivity contribution >= 4 is 5.91 Å². The van der Waals surface area contributed by atoms with Gasteiger partial charge < -0.3 is 0 Å². The first-order chi connectivity index (χ1) is 4.25. The highest BCUT2D eigenvalue weighted by molar-refractivity contribution is 5.81. The molecule has 1 atom stereocenters. The average Bonchev–Trinajstić information content (AvgIpc) is 1.84. The van der Waals surface area contributed by atoms with Gasteiger partial charge in [0.1, 0.15) is 0 Å². The average molecular weight is 129 g/mol. The Bertz CT molecular complexity index is 125. The molecule has 0 bridgehead atoms. The molecule has 1 amide bonds. The summed E-state index contributed by atoms with van der Waals surface area (Å²) in [5, 5.41) is 0. The normalized spacial score (nSPS) is 27.1. The van der Waals surface area contributed by atoms with E-state index in [1.165, 1.54) is 0 Å². The Morgan fingerprint density at radius 1 is 1.89 bits per heavy atom. The SMILES string of the molecule is CN1CC[C@H]1C(=O)NN. The van der Waals surface area contributed by atoms with Crippen molar-refractivity contribution in [2.45, 2.75) is 12.5 Å². The van der Waals surface area contributed by atoms with Crippen LogP contribution in [0, 0.1) is 0 Å². The molecular formula is C5H11N3O. The number of hydrogen-bond donors (Lipinski definition) is 2. The Hall–Kier alpha value is -0.610. The molecule has 1 rings (SSSR count). The summed E-state index contributed by atoms with van der Waals surface area (Å²) in [7, 11) is 1.91. The van der Waals surface area contributed by atoms with Crippen LogP contribution in [0.25, 0.3) is 0 Å². The number of nitrogens with one attached hydrogen (secondary N) is 1. The number of rotatable bonds is 1. The molecule has 0 aromatic carbocycles. The van der Waals surface area contributed by atoms with Crippen LogP contribution in [-0.4, -0.2) is 30.4 Å². The Balaban J connectivity index is 2.35. The third-order valence-corrected chi connectivity index (χ3v) is 1.73. The van der Waals surface area contributed by atoms with E-state index in [2.05, 4.69) is 5.43 Å². The van der Waals surface area contributed by atoms with E-state index >= 15 is 0 Å². The van der Waals surface area contributed by atoms with Crippen molar-refractivity contribution in [3.8, 4) is 0 Å². The maximum absolute atomic E-state index is 10.7. The largest absolute Gasteiger partial charge is 0.295 e. The van der Waals surface area contributed by atoms with Crippen molar-refractivity contribution in [1.29, 1.82) is 0 Å². The number of hydrazine groups is 1. The summed E-state index contributed by atoms with van der Waals surface area (Å²) >= 11 is 0. The molecule has 1 fully saturated rings. The van der Waals surface area contributed by atoms with Crippen LogP contribution in [0.5, 0.6) is 0 Å². The highest BCUT2D eigenvalue weighted by Gasteiger charge is 2.29. The second-order valence-corrected chi connectivity index (χ2v) is 2.29. The van der Waals surface area contributed by atoms with Gasteiger partial charge in [-0.1, -0.05) is 0 Å². The van der Waals surface area contributed by atoms with E-state index in [0.717, 1.165) is 13.0 Å². The summed E-state index contributed by atoms with van der Waals surface area (Å²) < 4.78 is 0. The van der Waals surface area contributed by atoms with Gasteiger partial charge >= 0.3 is 0 Å². The first-order valence-electron chi connectivity index (χ1n) is 2.96. The second kappa shape index (κ2) is 2.33. The molecule has 9 heavy (non-hydrogen) atoms. The zero-order chi connectivity index (χ0) is 6.85. The molecule has 4 nitrogen and oxygen atoms in total. The van der Waals surface area contributed by atoms with Gasteiger partial charge in [-0.2, -0.15) is 0 Å². The van der Waals surface area contributed by atoms with E-state index in [1.54, 1.807) is 0 Å². The molecule has 4 heteroatoms. The van der Waals surface area contributed by atoms with Crippen LogP contribution in [0.3, 0.4) is 0 Å². The van der Waals surface area contributed by atoms with E-state index < -0.39 is 0 Å². The lowest BCUT2D eigenvalue weighted by Gasteiger charge is -2.35. The Morgan fingerprint density at radius 2 is 2.56 bits per heavy atom. The van der Waals surface area contributed by atoms with Gasteiger partial charge in [0.2, 0.25) is 0 Å². The van der Waals surface area contributed by atoms with Crippen molar-refractivity contribution in [2.75, 3.05) is 13.6 Å². The second-order valence-electron chi connectivity index (χ2n) is 2.29. The number of nitrogens with zero attached hydrogens (tertiary/aromatic N) is 1. The van der Waals surface area contributed by atoms with Crippen LogP contribution < -0.4 is 11.3 Å². The number of likely N-dealkylation sites (tertiary alicyclic amines) is 1. The molecule has 0 aliphatic carbocycles. The molecular weight excluding hydrogens is 118 g/mol. The van der Waals surface area contributed by atoms with Crippen LogP contribution in [0.1, 0.15) is 6.42 Å². The van der Waals surface area contributed by atoms with Crippen molar-refractivity contribution in [3.05, 3.63) is 0 Å². The van der Waals surface area contributed by atoms with E-state index in [1.807, 2.05) is 11.9 Å². The number of carbonyl (C=O) groups excluding carboxylic acids is 1. The summed E-state index contributed by atoms with van der Waals surface area (Å²) in [6, 6.07) is 0.0231. The van der Waals surface area contributed by atoms with Gasteiger partial charge in [0.05, 0.1) is 6.04 Å². The van der Waals surface area contributed by atoms with Crippen LogP contribution in [0.15, 0.2) is 0 Å². The third-order valence-electron chi connectivity index (χ3n) is 1.73. The molecule has 3 N–H and O–H groups in total. The smallest absolute Gasteiger partial charge is 0.251 e. The zero-order valence-corrected chi connectivity index (χ0v) is 5.42. The van der Waals surface area contributed by atoms with Gasteiger partial charge in [-0.05, 0) is 13.5 Å². The molecule has 0 radical (unpaired) electrons. The van der Waals surface area contributed by atoms with Gasteiger partial charge in [0.15, 0.2) is 0 Å². The van der Waals surface area contributed by atoms with E-state index in [4.69, 9.17) is 5.84 Å². The number of hydrogen-bond acceptors (Lipinski definition) is 3. The summed E-state index contributed by atoms with van der Waals surface area (Å²) in [6.45, 7) is 0.998. The van der Waals surface area contributed by atoms with Crippen LogP contribution in [0.2, 0.25) is 0 Å². The van der Waals surface area contributed by atoms with Crippen molar-refractivity contribution < 1.29 is 4.79 Å². The predicted octanol–water partition coefficient (Wildman–Crippen LogP) is -1.32. The zero-order valence-electron chi connectivity index (χ0n) is 5.42. The van der Waals surface area contributed by atoms with Gasteiger partial charge in [0, 0.05) is 6.54 Å². The standard InChI is InChI=1S/C5H11N3O/c1-8-3-2-4(8)5(9)7-6/h4H,2-3,6H2,1H3,(H,7,9)/t4-/m0/s1. The fourth-order valence-corrected chi connectivity index (χ4v) is 0.944. The monoisotopic (exact) mass is 129 g/mol. The Kier molecular flexibility index (Phi) is 1.68. The molecule has 1 heterocycles. The highest BCUT2D eigenvalue weighted by Crippen LogP contribution is 2.12. The minimum Gasteiger partial charge on any atom is -0.295 e. The lowest BCUT2D eigenvalue weighted by Crippen LogP contribution is -2.55. The molecule has 1 aliphatic heterocycles. The topological polar surface area (TPSA) is 58.4 Å². The Morgan fingerprint density at radius 3 is 2.67 bits per heavy atom. The maximum atomic E-state index is 10.7. The van der Waals surface area contributed by atoms with Gasteiger partial charge in [-0.15, -0.1) is 0 Å². The first kappa shape index (κ1) is 6.51. The fraction of sp³-hybridized carbons (Fsp3) is 0.800. The fourth-order valence-electron chi connectivity index (χ4n) is 0.944. The first-order valence-corrected chi connectivity index (χ1v) is 2.96. The van der Waals surface area contributed by atoms with Gasteiger partial charge in [-0.3, -0.25) is 15.1 Å². The minimum atomic E-state index is -0.0799. The van der Waals surface area contributed by atoms with Crippen molar-refractivity contribution in [2.24, 2.45) is 5.84 Å². The number of carbonyl (C=O) groups is 1. The van der Waals surface area contributed by atoms with Gasteiger partial charge in [-0.25, -0.2) is 5.84 Å². The molecule has 0 aromatic heterocycles. The number of amides is 1. The molecule has 0 saturated carbocycles. The lowest BCUT2D eigenvalue weighted by atomic mass is 10.0. The number of likely N-dealkylation sites (N-methyl/N-ethyl adjacent to an activating group) is 1.